The number of nitrogens with one attached hydrogen (secondary N) is 1. The molecule has 0 unspecified atom stereocenters. The Morgan fingerprint density at radius 2 is 1.87 bits per heavy atom. The van der Waals surface area contributed by atoms with Crippen LogP contribution in [0, 0.1) is 5.92 Å². The van der Waals surface area contributed by atoms with E-state index in [9.17, 15) is 9.59 Å². The number of hydrogen-bond acceptors (Lipinski definition) is 5. The summed E-state index contributed by atoms with van der Waals surface area (Å²) < 4.78 is 1.47. The molecule has 7 nitrogen and oxygen atoms in total. The van der Waals surface area contributed by atoms with Gasteiger partial charge < -0.3 is 15.1 Å². The van der Waals surface area contributed by atoms with Crippen molar-refractivity contribution >= 4 is 34.1 Å². The number of nitrogens with zero attached hydrogens (tertiary/aromatic N) is 4. The lowest BCUT2D eigenvalue weighted by atomic mass is 10.1. The highest BCUT2D eigenvalue weighted by Crippen LogP contribution is 2.27. The van der Waals surface area contributed by atoms with Gasteiger partial charge in [-0.05, 0) is 75.9 Å². The SMILES string of the molecule is CC(C)NC(=O)Cn1c(-c2cccc(Cl)c2)nc2ccc(N3CCCN(CC4CCCC4)CC3)cc2c1=O. The minimum Gasteiger partial charge on any atom is -0.370 e. The maximum absolute atomic E-state index is 13.9. The molecule has 8 heteroatoms. The molecule has 0 bridgehead atoms. The number of carbonyl (C=O) groups excluding carboxylic acids is 1. The minimum absolute atomic E-state index is 0.0240. The van der Waals surface area contributed by atoms with Gasteiger partial charge in [0, 0.05) is 48.5 Å². The molecule has 1 aromatic heterocycles. The molecule has 1 amide bonds. The number of aromatic nitrogens is 2. The second kappa shape index (κ2) is 11.9. The summed E-state index contributed by atoms with van der Waals surface area (Å²) in [7, 11) is 0. The zero-order chi connectivity index (χ0) is 26.6. The normalized spacial score (nSPS) is 17.3. The standard InChI is InChI=1S/C30H38ClN5O2/c1-21(2)32-28(37)20-36-29(23-9-5-10-24(31)17-23)33-27-12-11-25(18-26(27)30(36)38)35-14-6-13-34(15-16-35)19-22-7-3-4-8-22/h5,9-12,17-18,21-22H,3-4,6-8,13-16,19-20H2,1-2H3,(H,32,37). The van der Waals surface area contributed by atoms with Gasteiger partial charge in [0.2, 0.25) is 5.91 Å². The number of anilines is 1. The van der Waals surface area contributed by atoms with Crippen molar-refractivity contribution < 1.29 is 4.79 Å². The maximum Gasteiger partial charge on any atom is 0.262 e. The van der Waals surface area contributed by atoms with Crippen molar-refractivity contribution in [3.8, 4) is 11.4 Å². The summed E-state index contributed by atoms with van der Waals surface area (Å²) in [4.78, 5) is 36.4. The van der Waals surface area contributed by atoms with Crippen molar-refractivity contribution in [2.45, 2.75) is 58.5 Å². The number of rotatable bonds is 7. The fourth-order valence-corrected chi connectivity index (χ4v) is 6.07. The van der Waals surface area contributed by atoms with Crippen LogP contribution in [-0.4, -0.2) is 59.1 Å². The molecule has 1 N–H and O–H groups in total. The summed E-state index contributed by atoms with van der Waals surface area (Å²) in [5.74, 6) is 1.07. The Kier molecular flexibility index (Phi) is 8.34. The number of halogens is 1. The summed E-state index contributed by atoms with van der Waals surface area (Å²) in [5, 5.41) is 3.97. The van der Waals surface area contributed by atoms with Crippen LogP contribution in [0.25, 0.3) is 22.3 Å². The summed E-state index contributed by atoms with van der Waals surface area (Å²) in [5.41, 5.74) is 2.14. The van der Waals surface area contributed by atoms with E-state index in [0.717, 1.165) is 44.2 Å². The van der Waals surface area contributed by atoms with E-state index in [1.165, 1.54) is 36.8 Å². The third-order valence-electron chi connectivity index (χ3n) is 7.72. The van der Waals surface area contributed by atoms with Gasteiger partial charge in [0.15, 0.2) is 0 Å². The van der Waals surface area contributed by atoms with Gasteiger partial charge in [-0.1, -0.05) is 36.6 Å². The van der Waals surface area contributed by atoms with Crippen LogP contribution in [0.5, 0.6) is 0 Å². The van der Waals surface area contributed by atoms with Crippen LogP contribution in [0.4, 0.5) is 5.69 Å². The second-order valence-corrected chi connectivity index (χ2v) is 11.5. The van der Waals surface area contributed by atoms with Gasteiger partial charge in [-0.2, -0.15) is 0 Å². The van der Waals surface area contributed by atoms with Crippen molar-refractivity contribution in [2.75, 3.05) is 37.6 Å². The molecule has 5 rings (SSSR count). The van der Waals surface area contributed by atoms with E-state index in [1.54, 1.807) is 12.1 Å². The molecule has 1 aliphatic carbocycles. The number of carbonyl (C=O) groups is 1. The molecule has 1 saturated carbocycles. The first kappa shape index (κ1) is 26.7. The zero-order valence-corrected chi connectivity index (χ0v) is 23.2. The number of amides is 1. The van der Waals surface area contributed by atoms with E-state index in [1.807, 2.05) is 38.1 Å². The molecule has 2 fully saturated rings. The Bertz CT molecular complexity index is 1350. The summed E-state index contributed by atoms with van der Waals surface area (Å²) in [6, 6.07) is 13.2. The van der Waals surface area contributed by atoms with Crippen molar-refractivity contribution in [2.24, 2.45) is 5.92 Å². The molecule has 3 aromatic rings. The molecule has 202 valence electrons. The smallest absolute Gasteiger partial charge is 0.262 e. The first-order valence-corrected chi connectivity index (χ1v) is 14.3. The third-order valence-corrected chi connectivity index (χ3v) is 7.95. The Balaban J connectivity index is 1.46. The van der Waals surface area contributed by atoms with E-state index in [4.69, 9.17) is 16.6 Å². The molecule has 38 heavy (non-hydrogen) atoms. The predicted octanol–water partition coefficient (Wildman–Crippen LogP) is 4.94. The first-order chi connectivity index (χ1) is 18.4. The molecular formula is C30H38ClN5O2. The van der Waals surface area contributed by atoms with Crippen molar-refractivity contribution in [3.05, 3.63) is 57.8 Å². The Morgan fingerprint density at radius 3 is 2.63 bits per heavy atom. The van der Waals surface area contributed by atoms with Crippen molar-refractivity contribution in [1.29, 1.82) is 0 Å². The van der Waals surface area contributed by atoms with Gasteiger partial charge in [-0.3, -0.25) is 14.2 Å². The highest BCUT2D eigenvalue weighted by Gasteiger charge is 2.22. The molecule has 1 saturated heterocycles. The van der Waals surface area contributed by atoms with E-state index in [-0.39, 0.29) is 24.1 Å². The lowest BCUT2D eigenvalue weighted by Gasteiger charge is -2.25. The maximum atomic E-state index is 13.9. The van der Waals surface area contributed by atoms with Gasteiger partial charge in [-0.15, -0.1) is 0 Å². The predicted molar refractivity (Wildman–Crippen MR) is 155 cm³/mol. The highest BCUT2D eigenvalue weighted by molar-refractivity contribution is 6.30. The lowest BCUT2D eigenvalue weighted by molar-refractivity contribution is -0.122. The third kappa shape index (κ3) is 6.21. The molecule has 2 heterocycles. The highest BCUT2D eigenvalue weighted by atomic mass is 35.5. The molecule has 2 aliphatic rings. The lowest BCUT2D eigenvalue weighted by Crippen LogP contribution is -2.37. The molecule has 0 spiro atoms. The molecule has 2 aromatic carbocycles. The van der Waals surface area contributed by atoms with Crippen LogP contribution in [0.1, 0.15) is 46.0 Å². The first-order valence-electron chi connectivity index (χ1n) is 13.9. The van der Waals surface area contributed by atoms with Crippen molar-refractivity contribution in [1.82, 2.24) is 19.8 Å². The average Bonchev–Trinajstić information content (AvgIpc) is 3.29. The van der Waals surface area contributed by atoms with Crippen molar-refractivity contribution in [3.63, 3.8) is 0 Å². The second-order valence-electron chi connectivity index (χ2n) is 11.1. The average molecular weight is 536 g/mol. The summed E-state index contributed by atoms with van der Waals surface area (Å²) in [6.07, 6.45) is 6.61. The van der Waals surface area contributed by atoms with E-state index < -0.39 is 0 Å². The Hall–Kier alpha value is -2.90. The van der Waals surface area contributed by atoms with Crippen LogP contribution < -0.4 is 15.8 Å². The van der Waals surface area contributed by atoms with Gasteiger partial charge in [0.1, 0.15) is 12.4 Å². The fraction of sp³-hybridized carbons (Fsp3) is 0.500. The molecule has 0 atom stereocenters. The Morgan fingerprint density at radius 1 is 1.05 bits per heavy atom. The monoisotopic (exact) mass is 535 g/mol. The van der Waals surface area contributed by atoms with Gasteiger partial charge in [-0.25, -0.2) is 4.98 Å². The largest absolute Gasteiger partial charge is 0.370 e. The molecular weight excluding hydrogens is 498 g/mol. The fourth-order valence-electron chi connectivity index (χ4n) is 5.88. The van der Waals surface area contributed by atoms with Gasteiger partial charge >= 0.3 is 0 Å². The van der Waals surface area contributed by atoms with E-state index >= 15 is 0 Å². The minimum atomic E-state index is -0.224. The summed E-state index contributed by atoms with van der Waals surface area (Å²) in [6.45, 7) is 8.99. The topological polar surface area (TPSA) is 70.5 Å². The van der Waals surface area contributed by atoms with E-state index in [0.29, 0.717) is 27.3 Å². The molecule has 1 aliphatic heterocycles. The van der Waals surface area contributed by atoms with Crippen LogP contribution in [-0.2, 0) is 11.3 Å². The zero-order valence-electron chi connectivity index (χ0n) is 22.5. The number of fused-ring (bicyclic) bond motifs is 1. The Labute approximate surface area is 229 Å². The van der Waals surface area contributed by atoms with Crippen LogP contribution in [0.3, 0.4) is 0 Å². The number of hydrogen-bond donors (Lipinski definition) is 1. The van der Waals surface area contributed by atoms with Crippen LogP contribution in [0.15, 0.2) is 47.3 Å². The summed E-state index contributed by atoms with van der Waals surface area (Å²) >= 11 is 6.25. The van der Waals surface area contributed by atoms with Gasteiger partial charge in [0.25, 0.3) is 5.56 Å². The quantitative estimate of drug-likeness (QED) is 0.464. The van der Waals surface area contributed by atoms with Crippen LogP contribution >= 0.6 is 11.6 Å². The molecule has 0 radical (unpaired) electrons. The van der Waals surface area contributed by atoms with E-state index in [2.05, 4.69) is 21.2 Å². The van der Waals surface area contributed by atoms with Crippen LogP contribution in [0.2, 0.25) is 5.02 Å². The van der Waals surface area contributed by atoms with Gasteiger partial charge in [0.05, 0.1) is 10.9 Å². The number of benzene rings is 2.